The van der Waals surface area contributed by atoms with Gasteiger partial charge in [0.1, 0.15) is 11.9 Å². The van der Waals surface area contributed by atoms with Gasteiger partial charge in [0.2, 0.25) is 17.7 Å². The van der Waals surface area contributed by atoms with Crippen LogP contribution in [0.25, 0.3) is 0 Å². The first kappa shape index (κ1) is 18.2. The lowest BCUT2D eigenvalue weighted by Gasteiger charge is -2.33. The van der Waals surface area contributed by atoms with Crippen molar-refractivity contribution in [1.82, 2.24) is 20.0 Å². The fraction of sp³-hybridized carbons (Fsp3) is 0.632. The summed E-state index contributed by atoms with van der Waals surface area (Å²) in [5.41, 5.74) is 0. The molecule has 2 aromatic rings. The molecule has 2 aliphatic rings. The highest BCUT2D eigenvalue weighted by atomic mass is 16.5. The van der Waals surface area contributed by atoms with Crippen molar-refractivity contribution in [2.24, 2.45) is 0 Å². The van der Waals surface area contributed by atoms with E-state index >= 15 is 0 Å². The van der Waals surface area contributed by atoms with Gasteiger partial charge in [-0.1, -0.05) is 6.42 Å². The maximum absolute atomic E-state index is 12.7. The van der Waals surface area contributed by atoms with Crippen LogP contribution in [-0.4, -0.2) is 52.6 Å². The first-order chi connectivity index (χ1) is 13.2. The fourth-order valence-electron chi connectivity index (χ4n) is 3.76. The first-order valence-electron chi connectivity index (χ1n) is 9.66. The molecule has 1 amide bonds. The lowest BCUT2D eigenvalue weighted by atomic mass is 10.0. The third kappa shape index (κ3) is 4.22. The Bertz CT molecular complexity index is 739. The Morgan fingerprint density at radius 2 is 2.15 bits per heavy atom. The molecule has 4 heterocycles. The average molecular weight is 374 g/mol. The summed E-state index contributed by atoms with van der Waals surface area (Å²) < 4.78 is 16.9. The molecule has 0 aliphatic carbocycles. The number of rotatable bonds is 6. The Morgan fingerprint density at radius 1 is 1.26 bits per heavy atom. The molecule has 2 saturated heterocycles. The van der Waals surface area contributed by atoms with Crippen molar-refractivity contribution in [3.8, 4) is 0 Å². The molecule has 27 heavy (non-hydrogen) atoms. The molecule has 0 bridgehead atoms. The third-order valence-corrected chi connectivity index (χ3v) is 5.30. The van der Waals surface area contributed by atoms with E-state index in [4.69, 9.17) is 13.6 Å². The molecular formula is C19H26N4O4. The minimum Gasteiger partial charge on any atom is -0.467 e. The molecule has 2 atom stereocenters. The van der Waals surface area contributed by atoms with Gasteiger partial charge in [0.05, 0.1) is 25.4 Å². The minimum atomic E-state index is -0.0793. The number of likely N-dealkylation sites (tertiary alicyclic amines) is 1. The molecule has 8 nitrogen and oxygen atoms in total. The SMILES string of the molecule is CN(Cc1ccco1)C(=O)CN1CCCCC1c1nnc([C@H]2CCCO2)o1. The van der Waals surface area contributed by atoms with Crippen LogP contribution in [0.5, 0.6) is 0 Å². The van der Waals surface area contributed by atoms with Crippen LogP contribution in [-0.2, 0) is 16.1 Å². The monoisotopic (exact) mass is 374 g/mol. The number of furan rings is 1. The van der Waals surface area contributed by atoms with Crippen LogP contribution in [0.4, 0.5) is 0 Å². The second-order valence-electron chi connectivity index (χ2n) is 7.29. The summed E-state index contributed by atoms with van der Waals surface area (Å²) in [5.74, 6) is 1.99. The van der Waals surface area contributed by atoms with Gasteiger partial charge in [0.15, 0.2) is 0 Å². The molecule has 2 aliphatic heterocycles. The van der Waals surface area contributed by atoms with E-state index in [1.54, 1.807) is 18.2 Å². The number of carbonyl (C=O) groups excluding carboxylic acids is 1. The van der Waals surface area contributed by atoms with E-state index < -0.39 is 0 Å². The zero-order valence-corrected chi connectivity index (χ0v) is 15.7. The van der Waals surface area contributed by atoms with Crippen LogP contribution in [0, 0.1) is 0 Å². The predicted octanol–water partition coefficient (Wildman–Crippen LogP) is 2.70. The van der Waals surface area contributed by atoms with Crippen LogP contribution in [0.15, 0.2) is 27.2 Å². The number of piperidine rings is 1. The van der Waals surface area contributed by atoms with E-state index in [-0.39, 0.29) is 18.1 Å². The quantitative estimate of drug-likeness (QED) is 0.768. The van der Waals surface area contributed by atoms with Gasteiger partial charge in [0, 0.05) is 13.7 Å². The Labute approximate surface area is 158 Å². The number of nitrogens with zero attached hydrogens (tertiary/aromatic N) is 4. The average Bonchev–Trinajstić information content (AvgIpc) is 3.43. The molecular weight excluding hydrogens is 348 g/mol. The number of likely N-dealkylation sites (N-methyl/N-ethyl adjacent to an activating group) is 1. The van der Waals surface area contributed by atoms with Crippen molar-refractivity contribution in [3.05, 3.63) is 35.9 Å². The van der Waals surface area contributed by atoms with Crippen LogP contribution in [0.2, 0.25) is 0 Å². The van der Waals surface area contributed by atoms with Gasteiger partial charge < -0.3 is 18.5 Å². The Hall–Kier alpha value is -2.19. The summed E-state index contributed by atoms with van der Waals surface area (Å²) in [6.07, 6.45) is 6.57. The molecule has 0 spiro atoms. The fourth-order valence-corrected chi connectivity index (χ4v) is 3.76. The highest BCUT2D eigenvalue weighted by Crippen LogP contribution is 2.33. The summed E-state index contributed by atoms with van der Waals surface area (Å²) in [4.78, 5) is 16.5. The van der Waals surface area contributed by atoms with Gasteiger partial charge in [0.25, 0.3) is 0 Å². The smallest absolute Gasteiger partial charge is 0.245 e. The van der Waals surface area contributed by atoms with Gasteiger partial charge in [-0.25, -0.2) is 0 Å². The molecule has 0 saturated carbocycles. The number of aromatic nitrogens is 2. The molecule has 2 fully saturated rings. The first-order valence-corrected chi connectivity index (χ1v) is 9.66. The number of amides is 1. The number of ether oxygens (including phenoxy) is 1. The summed E-state index contributed by atoms with van der Waals surface area (Å²) in [5, 5.41) is 8.47. The minimum absolute atomic E-state index is 0.0117. The highest BCUT2D eigenvalue weighted by Gasteiger charge is 2.32. The lowest BCUT2D eigenvalue weighted by molar-refractivity contribution is -0.133. The summed E-state index contributed by atoms with van der Waals surface area (Å²) >= 11 is 0. The summed E-state index contributed by atoms with van der Waals surface area (Å²) in [6, 6.07) is 3.69. The van der Waals surface area contributed by atoms with Crippen LogP contribution in [0.3, 0.4) is 0 Å². The predicted molar refractivity (Wildman–Crippen MR) is 95.6 cm³/mol. The number of carbonyl (C=O) groups is 1. The summed E-state index contributed by atoms with van der Waals surface area (Å²) in [6.45, 7) is 2.39. The molecule has 0 radical (unpaired) electrons. The van der Waals surface area contributed by atoms with Gasteiger partial charge >= 0.3 is 0 Å². The van der Waals surface area contributed by atoms with Crippen LogP contribution in [0.1, 0.15) is 61.8 Å². The molecule has 0 N–H and O–H groups in total. The molecule has 2 aromatic heterocycles. The van der Waals surface area contributed by atoms with Crippen LogP contribution >= 0.6 is 0 Å². The second kappa shape index (κ2) is 8.22. The van der Waals surface area contributed by atoms with E-state index in [1.165, 1.54) is 0 Å². The normalized spacial score (nSPS) is 23.6. The van der Waals surface area contributed by atoms with Crippen molar-refractivity contribution >= 4 is 5.91 Å². The van der Waals surface area contributed by atoms with Crippen molar-refractivity contribution in [2.75, 3.05) is 26.7 Å². The van der Waals surface area contributed by atoms with E-state index in [0.29, 0.717) is 24.9 Å². The Morgan fingerprint density at radius 3 is 2.93 bits per heavy atom. The van der Waals surface area contributed by atoms with E-state index in [1.807, 2.05) is 12.1 Å². The van der Waals surface area contributed by atoms with Gasteiger partial charge in [-0.15, -0.1) is 10.2 Å². The van der Waals surface area contributed by atoms with E-state index in [2.05, 4.69) is 15.1 Å². The van der Waals surface area contributed by atoms with Gasteiger partial charge in [-0.3, -0.25) is 9.69 Å². The maximum Gasteiger partial charge on any atom is 0.245 e. The number of hydrogen-bond acceptors (Lipinski definition) is 7. The topological polar surface area (TPSA) is 84.8 Å². The largest absolute Gasteiger partial charge is 0.467 e. The molecule has 8 heteroatoms. The second-order valence-corrected chi connectivity index (χ2v) is 7.29. The molecule has 146 valence electrons. The van der Waals surface area contributed by atoms with Crippen molar-refractivity contribution in [1.29, 1.82) is 0 Å². The third-order valence-electron chi connectivity index (χ3n) is 5.30. The van der Waals surface area contributed by atoms with Gasteiger partial charge in [-0.2, -0.15) is 0 Å². The summed E-state index contributed by atoms with van der Waals surface area (Å²) in [7, 11) is 1.80. The molecule has 0 aromatic carbocycles. The molecule has 1 unspecified atom stereocenters. The standard InChI is InChI=1S/C19H26N4O4/c1-22(12-14-6-4-10-25-14)17(24)13-23-9-3-2-7-15(23)18-20-21-19(27-18)16-8-5-11-26-16/h4,6,10,15-16H,2-3,5,7-9,11-13H2,1H3/t15?,16-/m1/s1. The molecule has 4 rings (SSSR count). The van der Waals surface area contributed by atoms with Gasteiger partial charge in [-0.05, 0) is 44.4 Å². The Balaban J connectivity index is 1.40. The van der Waals surface area contributed by atoms with Crippen LogP contribution < -0.4 is 0 Å². The maximum atomic E-state index is 12.7. The van der Waals surface area contributed by atoms with Crippen molar-refractivity contribution in [2.45, 2.75) is 50.8 Å². The highest BCUT2D eigenvalue weighted by molar-refractivity contribution is 5.78. The number of hydrogen-bond donors (Lipinski definition) is 0. The van der Waals surface area contributed by atoms with Crippen molar-refractivity contribution in [3.63, 3.8) is 0 Å². The zero-order valence-electron chi connectivity index (χ0n) is 15.7. The van der Waals surface area contributed by atoms with Crippen molar-refractivity contribution < 1.29 is 18.4 Å². The van der Waals surface area contributed by atoms with E-state index in [0.717, 1.165) is 51.0 Å². The zero-order chi connectivity index (χ0) is 18.6. The Kier molecular flexibility index (Phi) is 5.54. The van der Waals surface area contributed by atoms with E-state index in [9.17, 15) is 4.79 Å². The lowest BCUT2D eigenvalue weighted by Crippen LogP contribution is -2.42.